The number of alkyl halides is 3. The molecule has 1 aliphatic rings. The number of benzene rings is 1. The maximum Gasteiger partial charge on any atom is 0.445 e. The first-order valence-electron chi connectivity index (χ1n) is 8.86. The van der Waals surface area contributed by atoms with Crippen molar-refractivity contribution in [2.24, 2.45) is 0 Å². The second-order valence-corrected chi connectivity index (χ2v) is 7.53. The fourth-order valence-corrected chi connectivity index (χ4v) is 3.78. The van der Waals surface area contributed by atoms with E-state index in [-0.39, 0.29) is 41.1 Å². The normalized spacial score (nSPS) is 17.4. The molecule has 0 spiro atoms. The predicted octanol–water partition coefficient (Wildman–Crippen LogP) is 3.68. The highest BCUT2D eigenvalue weighted by Gasteiger charge is 2.35. The van der Waals surface area contributed by atoms with E-state index in [2.05, 4.69) is 15.5 Å². The summed E-state index contributed by atoms with van der Waals surface area (Å²) in [5, 5.41) is 7.21. The lowest BCUT2D eigenvalue weighted by Gasteiger charge is -2.33. The third kappa shape index (κ3) is 5.28. The molecule has 3 rings (SSSR count). The molecule has 2 amide bonds. The number of piperidine rings is 1. The summed E-state index contributed by atoms with van der Waals surface area (Å²) >= 11 is 0.254. The Bertz CT molecular complexity index is 826. The highest BCUT2D eigenvalue weighted by atomic mass is 32.1. The minimum atomic E-state index is -4.60. The van der Waals surface area contributed by atoms with Crippen molar-refractivity contribution in [2.75, 3.05) is 18.4 Å². The van der Waals surface area contributed by atoms with Gasteiger partial charge in [0.1, 0.15) is 0 Å². The number of rotatable bonds is 5. The second-order valence-electron chi connectivity index (χ2n) is 6.55. The molecular formula is C18H19F3N4O2S. The molecule has 1 aromatic heterocycles. The Balaban J connectivity index is 1.48. The van der Waals surface area contributed by atoms with Crippen LogP contribution in [0.15, 0.2) is 30.3 Å². The number of anilines is 1. The predicted molar refractivity (Wildman–Crippen MR) is 97.8 cm³/mol. The van der Waals surface area contributed by atoms with Crippen LogP contribution in [0.5, 0.6) is 0 Å². The smallest absolute Gasteiger partial charge is 0.342 e. The quantitative estimate of drug-likeness (QED) is 0.813. The van der Waals surface area contributed by atoms with E-state index in [0.717, 1.165) is 12.8 Å². The lowest BCUT2D eigenvalue weighted by Crippen LogP contribution is -2.39. The molecule has 150 valence electrons. The number of carbonyl (C=O) groups excluding carboxylic acids is 2. The lowest BCUT2D eigenvalue weighted by molar-refractivity contribution is -0.138. The average molecular weight is 412 g/mol. The van der Waals surface area contributed by atoms with Gasteiger partial charge in [-0.25, -0.2) is 0 Å². The van der Waals surface area contributed by atoms with Gasteiger partial charge in [0.2, 0.25) is 22.0 Å². The third-order valence-electron chi connectivity index (χ3n) is 4.52. The minimum absolute atomic E-state index is 0.00171. The van der Waals surface area contributed by atoms with E-state index in [0.29, 0.717) is 13.1 Å². The molecule has 1 aromatic carbocycles. The fraction of sp³-hybridized carbons (Fsp3) is 0.444. The van der Waals surface area contributed by atoms with E-state index < -0.39 is 17.1 Å². The summed E-state index contributed by atoms with van der Waals surface area (Å²) in [6, 6.07) is 9.98. The minimum Gasteiger partial charge on any atom is -0.342 e. The van der Waals surface area contributed by atoms with Crippen LogP contribution in [0.4, 0.5) is 18.3 Å². The molecule has 1 fully saturated rings. The van der Waals surface area contributed by atoms with Gasteiger partial charge in [0.25, 0.3) is 0 Å². The number of likely N-dealkylation sites (tertiary alicyclic amines) is 1. The van der Waals surface area contributed by atoms with E-state index in [4.69, 9.17) is 0 Å². The van der Waals surface area contributed by atoms with Crippen molar-refractivity contribution < 1.29 is 22.8 Å². The van der Waals surface area contributed by atoms with Gasteiger partial charge in [0.15, 0.2) is 0 Å². The molecular weight excluding hydrogens is 393 g/mol. The van der Waals surface area contributed by atoms with Gasteiger partial charge >= 0.3 is 6.18 Å². The summed E-state index contributed by atoms with van der Waals surface area (Å²) in [4.78, 5) is 26.1. The summed E-state index contributed by atoms with van der Waals surface area (Å²) in [6.45, 7) is 1.25. The van der Waals surface area contributed by atoms with Crippen LogP contribution >= 0.6 is 11.3 Å². The molecule has 0 bridgehead atoms. The maximum atomic E-state index is 12.5. The zero-order valence-electron chi connectivity index (χ0n) is 14.9. The van der Waals surface area contributed by atoms with Gasteiger partial charge in [0, 0.05) is 31.8 Å². The Kier molecular flexibility index (Phi) is 6.28. The maximum absolute atomic E-state index is 12.5. The van der Waals surface area contributed by atoms with E-state index in [1.54, 1.807) is 4.90 Å². The highest BCUT2D eigenvalue weighted by Crippen LogP contribution is 2.33. The summed E-state index contributed by atoms with van der Waals surface area (Å²) in [5.74, 6) is -0.422. The summed E-state index contributed by atoms with van der Waals surface area (Å²) in [7, 11) is 0. The number of hydrogen-bond donors (Lipinski definition) is 1. The second kappa shape index (κ2) is 8.68. The van der Waals surface area contributed by atoms with Crippen molar-refractivity contribution in [3.05, 3.63) is 40.9 Å². The van der Waals surface area contributed by atoms with Gasteiger partial charge in [-0.05, 0) is 18.4 Å². The van der Waals surface area contributed by atoms with E-state index in [9.17, 15) is 22.8 Å². The summed E-state index contributed by atoms with van der Waals surface area (Å²) in [6.07, 6.45) is -2.82. The van der Waals surface area contributed by atoms with Gasteiger partial charge < -0.3 is 10.2 Å². The van der Waals surface area contributed by atoms with Crippen molar-refractivity contribution in [2.45, 2.75) is 37.8 Å². The van der Waals surface area contributed by atoms with Crippen molar-refractivity contribution in [3.63, 3.8) is 0 Å². The molecule has 0 aliphatic carbocycles. The molecule has 10 heteroatoms. The molecule has 2 aromatic rings. The molecule has 28 heavy (non-hydrogen) atoms. The molecule has 0 unspecified atom stereocenters. The molecule has 1 N–H and O–H groups in total. The zero-order chi connectivity index (χ0) is 20.1. The number of aromatic nitrogens is 2. The Morgan fingerprint density at radius 3 is 2.61 bits per heavy atom. The Labute approximate surface area is 163 Å². The topological polar surface area (TPSA) is 75.2 Å². The number of amides is 2. The van der Waals surface area contributed by atoms with E-state index >= 15 is 0 Å². The summed E-state index contributed by atoms with van der Waals surface area (Å²) in [5.41, 5.74) is 1.19. The number of nitrogens with one attached hydrogen (secondary N) is 1. The molecule has 6 nitrogen and oxygen atoms in total. The molecule has 0 saturated carbocycles. The first-order valence-corrected chi connectivity index (χ1v) is 9.68. The van der Waals surface area contributed by atoms with Gasteiger partial charge in [-0.2, -0.15) is 13.2 Å². The molecule has 0 radical (unpaired) electrons. The van der Waals surface area contributed by atoms with Crippen molar-refractivity contribution in [1.82, 2.24) is 15.1 Å². The first-order chi connectivity index (χ1) is 13.3. The van der Waals surface area contributed by atoms with Crippen LogP contribution in [-0.4, -0.2) is 40.0 Å². The van der Waals surface area contributed by atoms with Gasteiger partial charge in [-0.1, -0.05) is 41.7 Å². The van der Waals surface area contributed by atoms with Crippen LogP contribution in [-0.2, 0) is 15.8 Å². The van der Waals surface area contributed by atoms with Crippen LogP contribution in [0.3, 0.4) is 0 Å². The van der Waals surface area contributed by atoms with Crippen LogP contribution in [0.1, 0.15) is 42.2 Å². The zero-order valence-corrected chi connectivity index (χ0v) is 15.7. The number of carbonyl (C=O) groups is 2. The van der Waals surface area contributed by atoms with Crippen LogP contribution < -0.4 is 5.32 Å². The van der Waals surface area contributed by atoms with Crippen LogP contribution in [0, 0.1) is 0 Å². The number of hydrogen-bond acceptors (Lipinski definition) is 5. The van der Waals surface area contributed by atoms with Crippen LogP contribution in [0.2, 0.25) is 0 Å². The molecule has 1 atom stereocenters. The molecule has 1 aliphatic heterocycles. The Morgan fingerprint density at radius 2 is 1.93 bits per heavy atom. The number of nitrogens with zero attached hydrogens (tertiary/aromatic N) is 3. The monoisotopic (exact) mass is 412 g/mol. The third-order valence-corrected chi connectivity index (χ3v) is 5.41. The standard InChI is InChI=1S/C18H19F3N4O2S/c19-18(20,21)16-23-24-17(28-16)22-14(26)8-9-15(27)25-10-4-7-13(11-25)12-5-2-1-3-6-12/h1-3,5-6,13H,4,7-11H2,(H,22,24,26)/t13-/m1/s1. The van der Waals surface area contributed by atoms with Crippen molar-refractivity contribution in [3.8, 4) is 0 Å². The molecule has 2 heterocycles. The van der Waals surface area contributed by atoms with E-state index in [1.807, 2.05) is 30.3 Å². The van der Waals surface area contributed by atoms with Crippen molar-refractivity contribution in [1.29, 1.82) is 0 Å². The largest absolute Gasteiger partial charge is 0.445 e. The fourth-order valence-electron chi connectivity index (χ4n) is 3.15. The van der Waals surface area contributed by atoms with Crippen molar-refractivity contribution >= 4 is 28.3 Å². The summed E-state index contributed by atoms with van der Waals surface area (Å²) < 4.78 is 37.5. The van der Waals surface area contributed by atoms with Gasteiger partial charge in [-0.3, -0.25) is 9.59 Å². The van der Waals surface area contributed by atoms with E-state index in [1.165, 1.54) is 5.56 Å². The SMILES string of the molecule is O=C(CCC(=O)N1CCC[C@@H](c2ccccc2)C1)Nc1nnc(C(F)(F)F)s1. The highest BCUT2D eigenvalue weighted by molar-refractivity contribution is 7.15. The van der Waals surface area contributed by atoms with Gasteiger partial charge in [-0.15, -0.1) is 10.2 Å². The Hall–Kier alpha value is -2.49. The number of halogens is 3. The van der Waals surface area contributed by atoms with Gasteiger partial charge in [0.05, 0.1) is 0 Å². The first kappa shape index (κ1) is 20.2. The Morgan fingerprint density at radius 1 is 1.18 bits per heavy atom. The molecule has 1 saturated heterocycles. The van der Waals surface area contributed by atoms with Crippen LogP contribution in [0.25, 0.3) is 0 Å². The average Bonchev–Trinajstić information content (AvgIpc) is 3.16. The lowest BCUT2D eigenvalue weighted by atomic mass is 9.90.